The van der Waals surface area contributed by atoms with Crippen molar-refractivity contribution in [3.63, 3.8) is 0 Å². The molecule has 88 valence electrons. The summed E-state index contributed by atoms with van der Waals surface area (Å²) in [7, 11) is 2.11. The van der Waals surface area contributed by atoms with E-state index in [9.17, 15) is 0 Å². The molecule has 1 atom stereocenters. The van der Waals surface area contributed by atoms with E-state index in [1.54, 1.807) is 0 Å². The maximum absolute atomic E-state index is 3.46. The highest BCUT2D eigenvalue weighted by molar-refractivity contribution is 5.14. The lowest BCUT2D eigenvalue weighted by Gasteiger charge is -2.15. The molecule has 1 saturated carbocycles. The van der Waals surface area contributed by atoms with Gasteiger partial charge >= 0.3 is 0 Å². The maximum atomic E-state index is 3.46. The highest BCUT2D eigenvalue weighted by atomic mass is 14.9. The Bertz CT molecular complexity index is 290. The van der Waals surface area contributed by atoms with Crippen molar-refractivity contribution in [2.24, 2.45) is 5.92 Å². The van der Waals surface area contributed by atoms with E-state index in [-0.39, 0.29) is 0 Å². The third-order valence-electron chi connectivity index (χ3n) is 3.58. The van der Waals surface area contributed by atoms with E-state index in [0.717, 1.165) is 12.0 Å². The molecule has 0 aliphatic heterocycles. The molecule has 0 aromatic heterocycles. The van der Waals surface area contributed by atoms with Gasteiger partial charge in [0.15, 0.2) is 0 Å². The predicted molar refractivity (Wildman–Crippen MR) is 69.6 cm³/mol. The first-order valence-electron chi connectivity index (χ1n) is 6.59. The summed E-state index contributed by atoms with van der Waals surface area (Å²) in [6, 6.07) is 11.6. The summed E-state index contributed by atoms with van der Waals surface area (Å²) in [5.74, 6) is 1.04. The highest BCUT2D eigenvalue weighted by Gasteiger charge is 2.24. The Kier molecular flexibility index (Phi) is 4.41. The molecule has 16 heavy (non-hydrogen) atoms. The fourth-order valence-corrected chi connectivity index (χ4v) is 2.33. The minimum Gasteiger partial charge on any atom is -0.317 e. The van der Waals surface area contributed by atoms with Crippen LogP contribution in [0.15, 0.2) is 30.3 Å². The standard InChI is InChI=1S/C15H23N/c1-16-15(12-14-10-11-14)9-5-8-13-6-3-2-4-7-13/h2-4,6-7,14-16H,5,8-12H2,1H3. The van der Waals surface area contributed by atoms with E-state index in [1.165, 1.54) is 44.1 Å². The van der Waals surface area contributed by atoms with Gasteiger partial charge in [-0.05, 0) is 44.2 Å². The summed E-state index contributed by atoms with van der Waals surface area (Å²) < 4.78 is 0. The van der Waals surface area contributed by atoms with Crippen LogP contribution in [0.4, 0.5) is 0 Å². The van der Waals surface area contributed by atoms with Crippen LogP contribution < -0.4 is 5.32 Å². The van der Waals surface area contributed by atoms with Crippen molar-refractivity contribution >= 4 is 0 Å². The van der Waals surface area contributed by atoms with Gasteiger partial charge in [-0.25, -0.2) is 0 Å². The molecule has 0 saturated heterocycles. The van der Waals surface area contributed by atoms with E-state index >= 15 is 0 Å². The summed E-state index contributed by atoms with van der Waals surface area (Å²) in [4.78, 5) is 0. The molecule has 1 aromatic carbocycles. The van der Waals surface area contributed by atoms with Crippen molar-refractivity contribution in [2.75, 3.05) is 7.05 Å². The molecular weight excluding hydrogens is 194 g/mol. The molecule has 1 nitrogen and oxygen atoms in total. The van der Waals surface area contributed by atoms with Gasteiger partial charge in [0.1, 0.15) is 0 Å². The van der Waals surface area contributed by atoms with Crippen LogP contribution in [0.1, 0.15) is 37.7 Å². The number of hydrogen-bond donors (Lipinski definition) is 1. The zero-order valence-corrected chi connectivity index (χ0v) is 10.3. The Morgan fingerprint density at radius 2 is 2.00 bits per heavy atom. The normalized spacial score (nSPS) is 17.3. The van der Waals surface area contributed by atoms with Gasteiger partial charge in [0, 0.05) is 6.04 Å². The molecule has 1 fully saturated rings. The topological polar surface area (TPSA) is 12.0 Å². The SMILES string of the molecule is CNC(CCCc1ccccc1)CC1CC1. The van der Waals surface area contributed by atoms with Crippen molar-refractivity contribution in [1.82, 2.24) is 5.32 Å². The molecule has 1 unspecified atom stereocenters. The summed E-state index contributed by atoms with van der Waals surface area (Å²) in [6.45, 7) is 0. The molecule has 0 amide bonds. The van der Waals surface area contributed by atoms with Crippen LogP contribution in [-0.2, 0) is 6.42 Å². The summed E-state index contributed by atoms with van der Waals surface area (Å²) in [6.07, 6.45) is 8.19. The lowest BCUT2D eigenvalue weighted by Crippen LogP contribution is -2.25. The van der Waals surface area contributed by atoms with Gasteiger partial charge in [0.05, 0.1) is 0 Å². The minimum atomic E-state index is 0.746. The van der Waals surface area contributed by atoms with Gasteiger partial charge in [-0.1, -0.05) is 43.2 Å². The van der Waals surface area contributed by atoms with Crippen LogP contribution in [0.5, 0.6) is 0 Å². The van der Waals surface area contributed by atoms with Crippen LogP contribution in [0.3, 0.4) is 0 Å². The van der Waals surface area contributed by atoms with Crippen LogP contribution in [0, 0.1) is 5.92 Å². The Morgan fingerprint density at radius 1 is 1.25 bits per heavy atom. The second kappa shape index (κ2) is 6.05. The maximum Gasteiger partial charge on any atom is 0.00668 e. The van der Waals surface area contributed by atoms with Crippen LogP contribution in [0.25, 0.3) is 0 Å². The summed E-state index contributed by atoms with van der Waals surface area (Å²) in [5, 5.41) is 3.46. The molecule has 1 N–H and O–H groups in total. The van der Waals surface area contributed by atoms with E-state index in [1.807, 2.05) is 0 Å². The number of benzene rings is 1. The lowest BCUT2D eigenvalue weighted by molar-refractivity contribution is 0.451. The van der Waals surface area contributed by atoms with Gasteiger partial charge in [-0.3, -0.25) is 0 Å². The Hall–Kier alpha value is -0.820. The second-order valence-electron chi connectivity index (χ2n) is 5.04. The highest BCUT2D eigenvalue weighted by Crippen LogP contribution is 2.34. The zero-order chi connectivity index (χ0) is 11.2. The molecule has 0 heterocycles. The fraction of sp³-hybridized carbons (Fsp3) is 0.600. The Morgan fingerprint density at radius 3 is 2.62 bits per heavy atom. The number of nitrogens with one attached hydrogen (secondary N) is 1. The first-order valence-corrected chi connectivity index (χ1v) is 6.59. The first kappa shape index (κ1) is 11.7. The molecule has 1 aromatic rings. The largest absolute Gasteiger partial charge is 0.317 e. The number of rotatable bonds is 7. The molecule has 1 aliphatic rings. The monoisotopic (exact) mass is 217 g/mol. The van der Waals surface area contributed by atoms with Crippen molar-refractivity contribution in [1.29, 1.82) is 0 Å². The van der Waals surface area contributed by atoms with Gasteiger partial charge < -0.3 is 5.32 Å². The second-order valence-corrected chi connectivity index (χ2v) is 5.04. The van der Waals surface area contributed by atoms with E-state index in [0.29, 0.717) is 0 Å². The number of hydrogen-bond acceptors (Lipinski definition) is 1. The van der Waals surface area contributed by atoms with E-state index in [2.05, 4.69) is 42.7 Å². The molecule has 0 spiro atoms. The average Bonchev–Trinajstić information content (AvgIpc) is 3.13. The van der Waals surface area contributed by atoms with Crippen molar-refractivity contribution < 1.29 is 0 Å². The summed E-state index contributed by atoms with van der Waals surface area (Å²) >= 11 is 0. The van der Waals surface area contributed by atoms with Crippen LogP contribution in [-0.4, -0.2) is 13.1 Å². The molecule has 1 aliphatic carbocycles. The molecule has 1 heteroatoms. The quantitative estimate of drug-likeness (QED) is 0.738. The average molecular weight is 217 g/mol. The Balaban J connectivity index is 1.65. The molecule has 2 rings (SSSR count). The van der Waals surface area contributed by atoms with Gasteiger partial charge in [0.2, 0.25) is 0 Å². The van der Waals surface area contributed by atoms with Gasteiger partial charge in [-0.15, -0.1) is 0 Å². The third kappa shape index (κ3) is 3.97. The molecular formula is C15H23N. The van der Waals surface area contributed by atoms with E-state index < -0.39 is 0 Å². The molecule has 0 bridgehead atoms. The van der Waals surface area contributed by atoms with Crippen molar-refractivity contribution in [2.45, 2.75) is 44.6 Å². The third-order valence-corrected chi connectivity index (χ3v) is 3.58. The minimum absolute atomic E-state index is 0.746. The fourth-order valence-electron chi connectivity index (χ4n) is 2.33. The van der Waals surface area contributed by atoms with E-state index in [4.69, 9.17) is 0 Å². The van der Waals surface area contributed by atoms with Crippen molar-refractivity contribution in [3.05, 3.63) is 35.9 Å². The Labute approximate surface area is 99.3 Å². The summed E-state index contributed by atoms with van der Waals surface area (Å²) in [5.41, 5.74) is 1.48. The zero-order valence-electron chi connectivity index (χ0n) is 10.3. The van der Waals surface area contributed by atoms with Crippen LogP contribution in [0.2, 0.25) is 0 Å². The van der Waals surface area contributed by atoms with Crippen molar-refractivity contribution in [3.8, 4) is 0 Å². The van der Waals surface area contributed by atoms with Crippen LogP contribution >= 0.6 is 0 Å². The molecule has 0 radical (unpaired) electrons. The smallest absolute Gasteiger partial charge is 0.00668 e. The predicted octanol–water partition coefficient (Wildman–Crippen LogP) is 3.40. The number of aryl methyl sites for hydroxylation is 1. The van der Waals surface area contributed by atoms with Gasteiger partial charge in [-0.2, -0.15) is 0 Å². The first-order chi connectivity index (χ1) is 7.88. The van der Waals surface area contributed by atoms with Gasteiger partial charge in [0.25, 0.3) is 0 Å². The lowest BCUT2D eigenvalue weighted by atomic mass is 10.0.